The predicted octanol–water partition coefficient (Wildman–Crippen LogP) is 5.36. The molecule has 2 aromatic rings. The molecule has 1 amide bonds. The first-order valence-corrected chi connectivity index (χ1v) is 7.76. The van der Waals surface area contributed by atoms with E-state index in [0.717, 1.165) is 6.07 Å². The molecular formula is C18H14F7NO2. The van der Waals surface area contributed by atoms with Crippen molar-refractivity contribution in [1.29, 1.82) is 0 Å². The van der Waals surface area contributed by atoms with Gasteiger partial charge < -0.3 is 10.1 Å². The Labute approximate surface area is 155 Å². The predicted molar refractivity (Wildman–Crippen MR) is 85.3 cm³/mol. The van der Waals surface area contributed by atoms with Crippen molar-refractivity contribution >= 4 is 5.91 Å². The van der Waals surface area contributed by atoms with Crippen molar-refractivity contribution < 1.29 is 40.3 Å². The molecule has 0 aliphatic carbocycles. The number of carbonyl (C=O) groups is 1. The summed E-state index contributed by atoms with van der Waals surface area (Å²) in [6.07, 6.45) is -10.1. The van der Waals surface area contributed by atoms with Crippen LogP contribution >= 0.6 is 0 Å². The van der Waals surface area contributed by atoms with Crippen LogP contribution in [-0.4, -0.2) is 13.0 Å². The molecule has 1 unspecified atom stereocenters. The maximum Gasteiger partial charge on any atom is 0.416 e. The zero-order chi connectivity index (χ0) is 21.3. The number of rotatable bonds is 4. The standard InChI is InChI=1S/C18H14F7NO2/c1-9(10-3-4-15(28-2)14(19)7-10)26-16(27)11-5-12(17(20,21)22)8-13(6-11)18(23,24)25/h3-9H,1-2H3,(H,26,27). The molecule has 0 fully saturated rings. The molecule has 0 radical (unpaired) electrons. The number of nitrogens with one attached hydrogen (secondary N) is 1. The molecule has 0 aliphatic heterocycles. The smallest absolute Gasteiger partial charge is 0.416 e. The lowest BCUT2D eigenvalue weighted by atomic mass is 10.0. The largest absolute Gasteiger partial charge is 0.494 e. The number of benzene rings is 2. The number of ether oxygens (including phenoxy) is 1. The minimum Gasteiger partial charge on any atom is -0.494 e. The zero-order valence-corrected chi connectivity index (χ0v) is 14.5. The summed E-state index contributed by atoms with van der Waals surface area (Å²) in [5.41, 5.74) is -3.77. The Hall–Kier alpha value is -2.78. The first-order chi connectivity index (χ1) is 12.8. The van der Waals surface area contributed by atoms with E-state index in [1.54, 1.807) is 0 Å². The SMILES string of the molecule is COc1ccc(C(C)NC(=O)c2cc(C(F)(F)F)cc(C(F)(F)F)c2)cc1F. The number of hydrogen-bond donors (Lipinski definition) is 1. The van der Waals surface area contributed by atoms with Crippen molar-refractivity contribution in [3.63, 3.8) is 0 Å². The number of alkyl halides is 6. The molecule has 0 saturated heterocycles. The molecule has 0 aliphatic rings. The van der Waals surface area contributed by atoms with E-state index in [0.29, 0.717) is 12.1 Å². The second-order valence-corrected chi connectivity index (χ2v) is 5.88. The molecule has 1 N–H and O–H groups in total. The summed E-state index contributed by atoms with van der Waals surface area (Å²) in [6, 6.07) is 3.41. The van der Waals surface area contributed by atoms with Crippen LogP contribution in [0.5, 0.6) is 5.75 Å². The van der Waals surface area contributed by atoms with E-state index in [-0.39, 0.29) is 17.4 Å². The van der Waals surface area contributed by atoms with E-state index in [2.05, 4.69) is 5.32 Å². The van der Waals surface area contributed by atoms with Gasteiger partial charge in [0.25, 0.3) is 5.91 Å². The van der Waals surface area contributed by atoms with Gasteiger partial charge in [0.15, 0.2) is 11.6 Å². The van der Waals surface area contributed by atoms with Crippen molar-refractivity contribution in [2.75, 3.05) is 7.11 Å². The monoisotopic (exact) mass is 409 g/mol. The highest BCUT2D eigenvalue weighted by Crippen LogP contribution is 2.36. The van der Waals surface area contributed by atoms with Crippen LogP contribution in [0.25, 0.3) is 0 Å². The van der Waals surface area contributed by atoms with E-state index in [1.165, 1.54) is 26.2 Å². The first-order valence-electron chi connectivity index (χ1n) is 7.76. The number of halogens is 7. The van der Waals surface area contributed by atoms with Crippen LogP contribution in [0.15, 0.2) is 36.4 Å². The fraction of sp³-hybridized carbons (Fsp3) is 0.278. The molecule has 0 heterocycles. The second-order valence-electron chi connectivity index (χ2n) is 5.88. The summed E-state index contributed by atoms with van der Waals surface area (Å²) in [7, 11) is 1.25. The quantitative estimate of drug-likeness (QED) is 0.691. The van der Waals surface area contributed by atoms with Crippen LogP contribution in [0, 0.1) is 5.82 Å². The summed E-state index contributed by atoms with van der Waals surface area (Å²) >= 11 is 0. The summed E-state index contributed by atoms with van der Waals surface area (Å²) in [6.45, 7) is 1.40. The topological polar surface area (TPSA) is 38.3 Å². The maximum absolute atomic E-state index is 13.8. The Balaban J connectivity index is 2.34. The maximum atomic E-state index is 13.8. The summed E-state index contributed by atoms with van der Waals surface area (Å²) in [4.78, 5) is 12.2. The lowest BCUT2D eigenvalue weighted by molar-refractivity contribution is -0.143. The molecule has 0 saturated carbocycles. The third-order valence-electron chi connectivity index (χ3n) is 3.87. The molecule has 0 aromatic heterocycles. The van der Waals surface area contributed by atoms with Crippen LogP contribution in [0.1, 0.15) is 40.0 Å². The van der Waals surface area contributed by atoms with E-state index >= 15 is 0 Å². The molecule has 2 rings (SSSR count). The van der Waals surface area contributed by atoms with Crippen LogP contribution in [0.2, 0.25) is 0 Å². The first kappa shape index (κ1) is 21.5. The van der Waals surface area contributed by atoms with Crippen molar-refractivity contribution in [2.24, 2.45) is 0 Å². The average Bonchev–Trinajstić information content (AvgIpc) is 2.59. The van der Waals surface area contributed by atoms with Gasteiger partial charge in [-0.25, -0.2) is 4.39 Å². The van der Waals surface area contributed by atoms with Gasteiger partial charge in [-0.1, -0.05) is 6.07 Å². The third kappa shape index (κ3) is 4.93. The van der Waals surface area contributed by atoms with Gasteiger partial charge >= 0.3 is 12.4 Å². The fourth-order valence-electron chi connectivity index (χ4n) is 2.40. The Bertz CT molecular complexity index is 843. The Morgan fingerprint density at radius 1 is 0.964 bits per heavy atom. The highest BCUT2D eigenvalue weighted by atomic mass is 19.4. The fourth-order valence-corrected chi connectivity index (χ4v) is 2.40. The van der Waals surface area contributed by atoms with Crippen molar-refractivity contribution in [3.05, 3.63) is 64.5 Å². The number of hydrogen-bond acceptors (Lipinski definition) is 2. The van der Waals surface area contributed by atoms with Gasteiger partial charge in [0.2, 0.25) is 0 Å². The minimum atomic E-state index is -5.07. The lowest BCUT2D eigenvalue weighted by Crippen LogP contribution is -2.27. The van der Waals surface area contributed by atoms with Crippen LogP contribution < -0.4 is 10.1 Å². The van der Waals surface area contributed by atoms with Gasteiger partial charge in [0.1, 0.15) is 0 Å². The minimum absolute atomic E-state index is 0.0602. The molecule has 1 atom stereocenters. The van der Waals surface area contributed by atoms with E-state index in [9.17, 15) is 35.5 Å². The molecule has 152 valence electrons. The second kappa shape index (κ2) is 7.69. The highest BCUT2D eigenvalue weighted by Gasteiger charge is 2.37. The van der Waals surface area contributed by atoms with Crippen molar-refractivity contribution in [1.82, 2.24) is 5.32 Å². The molecule has 10 heteroatoms. The van der Waals surface area contributed by atoms with Gasteiger partial charge in [0.05, 0.1) is 24.3 Å². The zero-order valence-electron chi connectivity index (χ0n) is 14.5. The number of carbonyl (C=O) groups excluding carboxylic acids is 1. The Kier molecular flexibility index (Phi) is 5.91. The molecule has 28 heavy (non-hydrogen) atoms. The summed E-state index contributed by atoms with van der Waals surface area (Å²) in [5.74, 6) is -1.96. The average molecular weight is 409 g/mol. The molecular weight excluding hydrogens is 395 g/mol. The summed E-state index contributed by atoms with van der Waals surface area (Å²) in [5, 5.41) is 2.25. The van der Waals surface area contributed by atoms with E-state index in [1.807, 2.05) is 0 Å². The van der Waals surface area contributed by atoms with Crippen molar-refractivity contribution in [2.45, 2.75) is 25.3 Å². The van der Waals surface area contributed by atoms with Crippen LogP contribution in [0.3, 0.4) is 0 Å². The van der Waals surface area contributed by atoms with E-state index < -0.39 is 46.8 Å². The van der Waals surface area contributed by atoms with Gasteiger partial charge in [0, 0.05) is 5.56 Å². The number of amides is 1. The normalized spacial score (nSPS) is 13.2. The Morgan fingerprint density at radius 2 is 1.50 bits per heavy atom. The van der Waals surface area contributed by atoms with Gasteiger partial charge in [-0.15, -0.1) is 0 Å². The van der Waals surface area contributed by atoms with Gasteiger partial charge in [-0.05, 0) is 42.8 Å². The highest BCUT2D eigenvalue weighted by molar-refractivity contribution is 5.95. The lowest BCUT2D eigenvalue weighted by Gasteiger charge is -2.17. The third-order valence-corrected chi connectivity index (χ3v) is 3.87. The Morgan fingerprint density at radius 3 is 1.93 bits per heavy atom. The van der Waals surface area contributed by atoms with Crippen molar-refractivity contribution in [3.8, 4) is 5.75 Å². The summed E-state index contributed by atoms with van der Waals surface area (Å²) < 4.78 is 95.8. The number of methoxy groups -OCH3 is 1. The van der Waals surface area contributed by atoms with E-state index in [4.69, 9.17) is 4.74 Å². The molecule has 3 nitrogen and oxygen atoms in total. The van der Waals surface area contributed by atoms with Crippen LogP contribution in [0.4, 0.5) is 30.7 Å². The molecule has 0 spiro atoms. The van der Waals surface area contributed by atoms with Crippen LogP contribution in [-0.2, 0) is 12.4 Å². The molecule has 2 aromatic carbocycles. The molecule has 0 bridgehead atoms. The van der Waals surface area contributed by atoms with Gasteiger partial charge in [-0.2, -0.15) is 26.3 Å². The van der Waals surface area contributed by atoms with Gasteiger partial charge in [-0.3, -0.25) is 4.79 Å².